The second-order valence-electron chi connectivity index (χ2n) is 3.92. The van der Waals surface area contributed by atoms with Gasteiger partial charge in [0.2, 0.25) is 0 Å². The highest BCUT2D eigenvalue weighted by Crippen LogP contribution is 2.25. The second-order valence-corrected chi connectivity index (χ2v) is 7.54. The maximum Gasteiger partial charge on any atom is 0.106 e. The molecule has 0 fully saturated rings. The van der Waals surface area contributed by atoms with E-state index in [2.05, 4.69) is 20.9 Å². The van der Waals surface area contributed by atoms with Crippen LogP contribution in [0.2, 0.25) is 0 Å². The van der Waals surface area contributed by atoms with Crippen molar-refractivity contribution in [3.63, 3.8) is 0 Å². The summed E-state index contributed by atoms with van der Waals surface area (Å²) >= 11 is 4.93. The smallest absolute Gasteiger partial charge is 0.106 e. The molecular weight excluding hydrogens is 332 g/mol. The first-order chi connectivity index (χ1) is 8.47. The number of aromatic nitrogens is 1. The van der Waals surface area contributed by atoms with Crippen molar-refractivity contribution in [2.45, 2.75) is 24.5 Å². The van der Waals surface area contributed by atoms with Gasteiger partial charge in [0.1, 0.15) is 5.01 Å². The maximum absolute atomic E-state index is 12.2. The average Bonchev–Trinajstić information content (AvgIpc) is 2.57. The van der Waals surface area contributed by atoms with Crippen molar-refractivity contribution in [3.05, 3.63) is 38.3 Å². The minimum absolute atomic E-state index is 0.422. The lowest BCUT2D eigenvalue weighted by Gasteiger charge is -2.04. The number of nitrogens with zero attached hydrogens (tertiary/aromatic N) is 1. The van der Waals surface area contributed by atoms with Crippen LogP contribution < -0.4 is 5.73 Å². The van der Waals surface area contributed by atoms with E-state index in [1.54, 1.807) is 23.5 Å². The van der Waals surface area contributed by atoms with Crippen LogP contribution in [0.1, 0.15) is 15.6 Å². The molecule has 0 spiro atoms. The lowest BCUT2D eigenvalue weighted by Crippen LogP contribution is -2.00. The first kappa shape index (κ1) is 13.7. The summed E-state index contributed by atoms with van der Waals surface area (Å²) in [4.78, 5) is 6.24. The van der Waals surface area contributed by atoms with E-state index in [4.69, 9.17) is 5.73 Å². The van der Waals surface area contributed by atoms with Gasteiger partial charge in [0.15, 0.2) is 0 Å². The Morgan fingerprint density at radius 1 is 1.44 bits per heavy atom. The van der Waals surface area contributed by atoms with E-state index in [-0.39, 0.29) is 0 Å². The Balaban J connectivity index is 2.22. The van der Waals surface area contributed by atoms with Gasteiger partial charge in [0.25, 0.3) is 0 Å². The molecule has 0 bridgehead atoms. The van der Waals surface area contributed by atoms with Gasteiger partial charge in [-0.05, 0) is 32.0 Å². The van der Waals surface area contributed by atoms with Crippen LogP contribution in [0.3, 0.4) is 0 Å². The summed E-state index contributed by atoms with van der Waals surface area (Å²) in [5.74, 6) is 0.422. The number of nitrogen functional groups attached to an aromatic ring is 1. The fourth-order valence-electron chi connectivity index (χ4n) is 1.52. The molecule has 1 atom stereocenters. The van der Waals surface area contributed by atoms with Crippen molar-refractivity contribution in [3.8, 4) is 0 Å². The van der Waals surface area contributed by atoms with E-state index >= 15 is 0 Å². The minimum Gasteiger partial charge on any atom is -0.398 e. The third-order valence-electron chi connectivity index (χ3n) is 2.54. The second kappa shape index (κ2) is 5.50. The third-order valence-corrected chi connectivity index (χ3v) is 5.69. The highest BCUT2D eigenvalue weighted by atomic mass is 79.9. The molecule has 0 saturated carbocycles. The zero-order valence-electron chi connectivity index (χ0n) is 10.1. The zero-order chi connectivity index (χ0) is 13.3. The normalized spacial score (nSPS) is 12.6. The highest BCUT2D eigenvalue weighted by Gasteiger charge is 2.12. The minimum atomic E-state index is -1.15. The predicted octanol–water partition coefficient (Wildman–Crippen LogP) is 3.41. The molecular formula is C12H13BrN2OS2. The Kier molecular flexibility index (Phi) is 4.19. The van der Waals surface area contributed by atoms with Crippen molar-refractivity contribution >= 4 is 43.8 Å². The molecule has 0 aliphatic carbocycles. The van der Waals surface area contributed by atoms with Crippen molar-refractivity contribution in [2.24, 2.45) is 0 Å². The molecule has 2 aromatic rings. The van der Waals surface area contributed by atoms with Gasteiger partial charge in [-0.15, -0.1) is 11.3 Å². The van der Waals surface area contributed by atoms with Gasteiger partial charge in [-0.1, -0.05) is 15.9 Å². The highest BCUT2D eigenvalue weighted by molar-refractivity contribution is 9.10. The number of nitrogens with two attached hydrogens (primary N) is 1. The van der Waals surface area contributed by atoms with E-state index in [0.717, 1.165) is 15.2 Å². The standard InChI is InChI=1S/C12H13BrN2OS2/c1-7-8(2)17-12(15-7)6-18(16)11-4-3-9(13)5-10(11)14/h3-5H,6,14H2,1-2H3. The van der Waals surface area contributed by atoms with Gasteiger partial charge in [-0.25, -0.2) is 4.98 Å². The van der Waals surface area contributed by atoms with Gasteiger partial charge in [-0.3, -0.25) is 4.21 Å². The predicted molar refractivity (Wildman–Crippen MR) is 80.3 cm³/mol. The zero-order valence-corrected chi connectivity index (χ0v) is 13.3. The molecule has 6 heteroatoms. The van der Waals surface area contributed by atoms with Crippen molar-refractivity contribution in [1.29, 1.82) is 0 Å². The summed E-state index contributed by atoms with van der Waals surface area (Å²) in [6, 6.07) is 5.41. The summed E-state index contributed by atoms with van der Waals surface area (Å²) in [5, 5.41) is 0.894. The first-order valence-electron chi connectivity index (χ1n) is 5.33. The molecule has 2 N–H and O–H groups in total. The molecule has 1 aromatic heterocycles. The number of rotatable bonds is 3. The summed E-state index contributed by atoms with van der Waals surface area (Å²) in [6.45, 7) is 3.99. The Bertz CT molecular complexity index is 591. The summed E-state index contributed by atoms with van der Waals surface area (Å²) in [7, 11) is -1.15. The van der Waals surface area contributed by atoms with Crippen LogP contribution in [0.5, 0.6) is 0 Å². The van der Waals surface area contributed by atoms with Gasteiger partial charge in [-0.2, -0.15) is 0 Å². The number of hydrogen-bond donors (Lipinski definition) is 1. The van der Waals surface area contributed by atoms with Crippen molar-refractivity contribution in [2.75, 3.05) is 5.73 Å². The lowest BCUT2D eigenvalue weighted by atomic mass is 10.3. The molecule has 1 heterocycles. The van der Waals surface area contributed by atoms with Gasteiger partial charge < -0.3 is 5.73 Å². The summed E-state index contributed by atoms with van der Waals surface area (Å²) in [5.41, 5.74) is 7.43. The molecule has 96 valence electrons. The van der Waals surface area contributed by atoms with Crippen LogP contribution in [0, 0.1) is 13.8 Å². The molecule has 0 aliphatic heterocycles. The van der Waals surface area contributed by atoms with Crippen molar-refractivity contribution in [1.82, 2.24) is 4.98 Å². The summed E-state index contributed by atoms with van der Waals surface area (Å²) in [6.07, 6.45) is 0. The van der Waals surface area contributed by atoms with Crippen LogP contribution in [-0.4, -0.2) is 9.19 Å². The fourth-order valence-corrected chi connectivity index (χ4v) is 4.17. The SMILES string of the molecule is Cc1nc(CS(=O)c2ccc(Br)cc2N)sc1C. The topological polar surface area (TPSA) is 56.0 Å². The Hall–Kier alpha value is -0.720. The number of aryl methyl sites for hydroxylation is 2. The fraction of sp³-hybridized carbons (Fsp3) is 0.250. The van der Waals surface area contributed by atoms with E-state index in [0.29, 0.717) is 16.3 Å². The van der Waals surface area contributed by atoms with E-state index in [1.807, 2.05) is 19.9 Å². The molecule has 2 rings (SSSR count). The van der Waals surface area contributed by atoms with Gasteiger partial charge in [0.05, 0.1) is 27.1 Å². The molecule has 1 unspecified atom stereocenters. The third kappa shape index (κ3) is 2.99. The van der Waals surface area contributed by atoms with E-state index < -0.39 is 10.8 Å². The molecule has 0 saturated heterocycles. The number of anilines is 1. The Morgan fingerprint density at radius 3 is 2.72 bits per heavy atom. The van der Waals surface area contributed by atoms with Crippen LogP contribution in [-0.2, 0) is 16.6 Å². The quantitative estimate of drug-likeness (QED) is 0.868. The number of benzene rings is 1. The van der Waals surface area contributed by atoms with E-state index in [9.17, 15) is 4.21 Å². The number of thiazole rings is 1. The van der Waals surface area contributed by atoms with Crippen LogP contribution >= 0.6 is 27.3 Å². The Morgan fingerprint density at radius 2 is 2.17 bits per heavy atom. The Labute approximate surface area is 121 Å². The summed E-state index contributed by atoms with van der Waals surface area (Å²) < 4.78 is 13.1. The molecule has 3 nitrogen and oxygen atoms in total. The van der Waals surface area contributed by atoms with Crippen LogP contribution in [0.15, 0.2) is 27.6 Å². The maximum atomic E-state index is 12.2. The lowest BCUT2D eigenvalue weighted by molar-refractivity contribution is 0.682. The monoisotopic (exact) mass is 344 g/mol. The number of halogens is 1. The van der Waals surface area contributed by atoms with Crippen LogP contribution in [0.4, 0.5) is 5.69 Å². The first-order valence-corrected chi connectivity index (χ1v) is 8.26. The van der Waals surface area contributed by atoms with E-state index in [1.165, 1.54) is 4.88 Å². The van der Waals surface area contributed by atoms with Crippen LogP contribution in [0.25, 0.3) is 0 Å². The molecule has 18 heavy (non-hydrogen) atoms. The van der Waals surface area contributed by atoms with Gasteiger partial charge >= 0.3 is 0 Å². The molecule has 0 amide bonds. The largest absolute Gasteiger partial charge is 0.398 e. The molecule has 0 radical (unpaired) electrons. The van der Waals surface area contributed by atoms with Crippen molar-refractivity contribution < 1.29 is 4.21 Å². The molecule has 0 aliphatic rings. The molecule has 1 aromatic carbocycles. The van der Waals surface area contributed by atoms with Gasteiger partial charge in [0, 0.05) is 15.0 Å². The average molecular weight is 345 g/mol. The number of hydrogen-bond acceptors (Lipinski definition) is 4.